The minimum atomic E-state index is -0.0367. The highest BCUT2D eigenvalue weighted by atomic mass is 32.1. The fourth-order valence-corrected chi connectivity index (χ4v) is 4.14. The topological polar surface area (TPSA) is 70.1 Å². The summed E-state index contributed by atoms with van der Waals surface area (Å²) in [6.45, 7) is 8.27. The van der Waals surface area contributed by atoms with Gasteiger partial charge < -0.3 is 10.2 Å². The van der Waals surface area contributed by atoms with Crippen molar-refractivity contribution in [3.05, 3.63) is 92.6 Å². The van der Waals surface area contributed by atoms with Crippen molar-refractivity contribution in [1.29, 1.82) is 0 Å². The highest BCUT2D eigenvalue weighted by molar-refractivity contribution is 7.07. The van der Waals surface area contributed by atoms with Crippen LogP contribution in [0.15, 0.2) is 70.1 Å². The van der Waals surface area contributed by atoms with Gasteiger partial charge in [0.15, 0.2) is 0 Å². The fourth-order valence-electron chi connectivity index (χ4n) is 3.29. The first kappa shape index (κ1) is 21.6. The first-order valence-electron chi connectivity index (χ1n) is 10.3. The van der Waals surface area contributed by atoms with Crippen molar-refractivity contribution in [2.45, 2.75) is 27.7 Å². The number of hydrogen-bond donors (Lipinski definition) is 2. The summed E-state index contributed by atoms with van der Waals surface area (Å²) in [6, 6.07) is 17.0. The second-order valence-electron chi connectivity index (χ2n) is 7.90. The molecular formula is C26H25N3O2S. The monoisotopic (exact) mass is 443 g/mol. The Hall–Kier alpha value is -3.64. The van der Waals surface area contributed by atoms with Crippen LogP contribution in [0, 0.1) is 27.7 Å². The van der Waals surface area contributed by atoms with Gasteiger partial charge in [-0.15, -0.1) is 11.3 Å². The minimum Gasteiger partial charge on any atom is -0.508 e. The normalized spacial score (nSPS) is 12.1. The maximum absolute atomic E-state index is 10.2. The third-order valence-electron chi connectivity index (χ3n) is 5.40. The lowest BCUT2D eigenvalue weighted by Gasteiger charge is -2.07. The number of aromatic nitrogens is 1. The smallest absolute Gasteiger partial charge is 0.211 e. The molecule has 0 aliphatic rings. The van der Waals surface area contributed by atoms with Gasteiger partial charge in [-0.1, -0.05) is 24.3 Å². The Morgan fingerprint density at radius 2 is 1.62 bits per heavy atom. The van der Waals surface area contributed by atoms with Crippen LogP contribution in [0.2, 0.25) is 0 Å². The number of phenols is 2. The molecule has 3 aromatic carbocycles. The largest absolute Gasteiger partial charge is 0.508 e. The molecule has 2 N–H and O–H groups in total. The van der Waals surface area contributed by atoms with Crippen LogP contribution < -0.4 is 4.80 Å². The van der Waals surface area contributed by atoms with Crippen molar-refractivity contribution in [2.24, 2.45) is 10.1 Å². The van der Waals surface area contributed by atoms with Crippen molar-refractivity contribution in [1.82, 2.24) is 4.68 Å². The summed E-state index contributed by atoms with van der Waals surface area (Å²) >= 11 is 1.51. The zero-order valence-corrected chi connectivity index (χ0v) is 19.3. The van der Waals surface area contributed by atoms with Gasteiger partial charge in [0, 0.05) is 22.6 Å². The van der Waals surface area contributed by atoms with Crippen LogP contribution in [-0.2, 0) is 0 Å². The van der Waals surface area contributed by atoms with E-state index < -0.39 is 0 Å². The maximum atomic E-state index is 10.2. The predicted octanol–water partition coefficient (Wildman–Crippen LogP) is 5.98. The summed E-state index contributed by atoms with van der Waals surface area (Å²) in [6.07, 6.45) is 1.58. The van der Waals surface area contributed by atoms with E-state index in [1.54, 1.807) is 17.0 Å². The van der Waals surface area contributed by atoms with E-state index in [0.29, 0.717) is 5.56 Å². The molecule has 0 amide bonds. The zero-order valence-electron chi connectivity index (χ0n) is 18.5. The maximum Gasteiger partial charge on any atom is 0.211 e. The fraction of sp³-hybridized carbons (Fsp3) is 0.154. The van der Waals surface area contributed by atoms with E-state index in [1.807, 2.05) is 19.2 Å². The number of hydrogen-bond acceptors (Lipinski definition) is 5. The predicted molar refractivity (Wildman–Crippen MR) is 131 cm³/mol. The Labute approximate surface area is 191 Å². The number of phenolic OH excluding ortho intramolecular Hbond substituents is 2. The van der Waals surface area contributed by atoms with E-state index in [1.165, 1.54) is 34.6 Å². The molecule has 4 rings (SSSR count). The Morgan fingerprint density at radius 1 is 0.844 bits per heavy atom. The first-order valence-corrected chi connectivity index (χ1v) is 11.2. The van der Waals surface area contributed by atoms with Crippen molar-refractivity contribution in [3.63, 3.8) is 0 Å². The second kappa shape index (κ2) is 8.85. The molecule has 0 atom stereocenters. The van der Waals surface area contributed by atoms with E-state index >= 15 is 0 Å². The van der Waals surface area contributed by atoms with Crippen LogP contribution in [-0.4, -0.2) is 21.1 Å². The van der Waals surface area contributed by atoms with Crippen LogP contribution >= 0.6 is 11.3 Å². The molecule has 0 aliphatic heterocycles. The lowest BCUT2D eigenvalue weighted by molar-refractivity contribution is 0.450. The quantitative estimate of drug-likeness (QED) is 0.381. The molecule has 0 spiro atoms. The molecule has 0 aliphatic carbocycles. The van der Waals surface area contributed by atoms with Crippen LogP contribution in [0.3, 0.4) is 0 Å². The molecule has 0 saturated carbocycles. The van der Waals surface area contributed by atoms with Gasteiger partial charge in [-0.3, -0.25) is 0 Å². The van der Waals surface area contributed by atoms with Gasteiger partial charge in [-0.05, 0) is 74.2 Å². The standard InChI is InChI=1S/C26H25N3O2S/c1-16-5-6-18(3)23(11-16)28-26-29(27-14-21-9-10-22(30)13-25(21)31)24(15-32-26)20-8-7-17(2)19(4)12-20/h5-15,30-31H,1-4H3/b27-14+,28-26?. The van der Waals surface area contributed by atoms with E-state index in [0.717, 1.165) is 32.9 Å². The number of aromatic hydroxyl groups is 2. The summed E-state index contributed by atoms with van der Waals surface area (Å²) < 4.78 is 1.79. The third kappa shape index (κ3) is 4.50. The van der Waals surface area contributed by atoms with Crippen LogP contribution in [0.1, 0.15) is 27.8 Å². The number of aryl methyl sites for hydroxylation is 4. The molecule has 1 aromatic heterocycles. The minimum absolute atomic E-state index is 0.00395. The average Bonchev–Trinajstić information content (AvgIpc) is 3.14. The lowest BCUT2D eigenvalue weighted by atomic mass is 10.1. The Balaban J connectivity index is 1.90. The van der Waals surface area contributed by atoms with Crippen molar-refractivity contribution in [3.8, 4) is 22.8 Å². The zero-order chi connectivity index (χ0) is 22.8. The van der Waals surface area contributed by atoms with Crippen molar-refractivity contribution >= 4 is 23.2 Å². The highest BCUT2D eigenvalue weighted by Gasteiger charge is 2.10. The highest BCUT2D eigenvalue weighted by Crippen LogP contribution is 2.25. The van der Waals surface area contributed by atoms with Gasteiger partial charge >= 0.3 is 0 Å². The van der Waals surface area contributed by atoms with E-state index in [2.05, 4.69) is 55.3 Å². The van der Waals surface area contributed by atoms with Gasteiger partial charge in [0.25, 0.3) is 0 Å². The summed E-state index contributed by atoms with van der Waals surface area (Å²) in [5.41, 5.74) is 8.02. The van der Waals surface area contributed by atoms with Crippen LogP contribution in [0.4, 0.5) is 5.69 Å². The first-order chi connectivity index (χ1) is 15.3. The van der Waals surface area contributed by atoms with Gasteiger partial charge in [-0.25, -0.2) is 9.67 Å². The molecule has 162 valence electrons. The molecule has 4 aromatic rings. The van der Waals surface area contributed by atoms with Crippen LogP contribution in [0.5, 0.6) is 11.5 Å². The molecule has 0 radical (unpaired) electrons. The van der Waals surface area contributed by atoms with Gasteiger partial charge in [0.1, 0.15) is 11.5 Å². The summed E-state index contributed by atoms with van der Waals surface area (Å²) in [4.78, 5) is 5.63. The van der Waals surface area contributed by atoms with E-state index in [9.17, 15) is 10.2 Å². The van der Waals surface area contributed by atoms with Crippen LogP contribution in [0.25, 0.3) is 11.3 Å². The molecule has 0 bridgehead atoms. The number of thiazole rings is 1. The Morgan fingerprint density at radius 3 is 2.38 bits per heavy atom. The molecule has 0 fully saturated rings. The van der Waals surface area contributed by atoms with Gasteiger partial charge in [-0.2, -0.15) is 5.10 Å². The molecule has 6 heteroatoms. The van der Waals surface area contributed by atoms with Crippen molar-refractivity contribution < 1.29 is 10.2 Å². The molecule has 0 saturated heterocycles. The van der Waals surface area contributed by atoms with Crippen molar-refractivity contribution in [2.75, 3.05) is 0 Å². The summed E-state index contributed by atoms with van der Waals surface area (Å²) in [5.74, 6) is -0.0328. The number of benzene rings is 3. The Bertz CT molecular complexity index is 1400. The molecule has 0 unspecified atom stereocenters. The Kier molecular flexibility index (Phi) is 5.97. The lowest BCUT2D eigenvalue weighted by Crippen LogP contribution is -2.11. The second-order valence-corrected chi connectivity index (χ2v) is 8.74. The molecule has 1 heterocycles. The van der Waals surface area contributed by atoms with Gasteiger partial charge in [0.05, 0.1) is 17.6 Å². The molecule has 32 heavy (non-hydrogen) atoms. The average molecular weight is 444 g/mol. The van der Waals surface area contributed by atoms with E-state index in [-0.39, 0.29) is 11.5 Å². The third-order valence-corrected chi connectivity index (χ3v) is 6.21. The summed E-state index contributed by atoms with van der Waals surface area (Å²) in [7, 11) is 0. The molecule has 5 nitrogen and oxygen atoms in total. The van der Waals surface area contributed by atoms with E-state index in [4.69, 9.17) is 4.99 Å². The molecular weight excluding hydrogens is 418 g/mol. The van der Waals surface area contributed by atoms with Gasteiger partial charge in [0.2, 0.25) is 4.80 Å². The summed E-state index contributed by atoms with van der Waals surface area (Å²) in [5, 5.41) is 26.4. The number of rotatable bonds is 4. The SMILES string of the molecule is Cc1ccc(C)c(N=c2scc(-c3ccc(C)c(C)c3)n2/N=C/c2ccc(O)cc2O)c1. The number of nitrogens with zero attached hydrogens (tertiary/aromatic N) is 3.